The Balaban J connectivity index is 1.99. The van der Waals surface area contributed by atoms with Crippen molar-refractivity contribution >= 4 is 11.8 Å². The number of nitrogens with one attached hydrogen (secondary N) is 2. The number of carbonyl (C=O) groups excluding carboxylic acids is 2. The fraction of sp³-hybridized carbons (Fsp3) is 0.375. The number of carbonyl (C=O) groups is 2. The number of benzene rings is 1. The van der Waals surface area contributed by atoms with Gasteiger partial charge in [-0.1, -0.05) is 30.3 Å². The van der Waals surface area contributed by atoms with E-state index in [0.717, 1.165) is 18.5 Å². The molecule has 110 valence electrons. The van der Waals surface area contributed by atoms with Crippen LogP contribution in [0, 0.1) is 5.92 Å². The van der Waals surface area contributed by atoms with E-state index >= 15 is 0 Å². The van der Waals surface area contributed by atoms with Crippen molar-refractivity contribution in [2.45, 2.75) is 18.4 Å². The van der Waals surface area contributed by atoms with Crippen LogP contribution >= 0.6 is 0 Å². The minimum atomic E-state index is -0.473. The highest BCUT2D eigenvalue weighted by Crippen LogP contribution is 2.34. The van der Waals surface area contributed by atoms with E-state index < -0.39 is 6.04 Å². The van der Waals surface area contributed by atoms with Crippen LogP contribution in [0.15, 0.2) is 42.7 Å². The predicted octanol–water partition coefficient (Wildman–Crippen LogP) is 0.808. The van der Waals surface area contributed by atoms with Crippen LogP contribution in [0.25, 0.3) is 0 Å². The van der Waals surface area contributed by atoms with Crippen LogP contribution in [0.2, 0.25) is 0 Å². The zero-order valence-electron chi connectivity index (χ0n) is 12.0. The number of hydrogen-bond acceptors (Lipinski definition) is 3. The Hall–Kier alpha value is -2.14. The van der Waals surface area contributed by atoms with Crippen molar-refractivity contribution in [2.24, 2.45) is 5.92 Å². The maximum atomic E-state index is 12.5. The molecule has 0 spiro atoms. The number of amides is 2. The average Bonchev–Trinajstić information content (AvgIpc) is 2.53. The Bertz CT molecular complexity index is 570. The van der Waals surface area contributed by atoms with Gasteiger partial charge >= 0.3 is 0 Å². The monoisotopic (exact) mass is 285 g/mol. The van der Waals surface area contributed by atoms with Crippen molar-refractivity contribution in [3.05, 3.63) is 48.3 Å². The topological polar surface area (TPSA) is 61.4 Å². The molecular weight excluding hydrogens is 266 g/mol. The van der Waals surface area contributed by atoms with Gasteiger partial charge in [-0.05, 0) is 24.4 Å². The lowest BCUT2D eigenvalue weighted by molar-refractivity contribution is -0.138. The molecule has 1 aromatic carbocycles. The minimum absolute atomic E-state index is 0.0568. The summed E-state index contributed by atoms with van der Waals surface area (Å²) in [7, 11) is 1.71. The first-order chi connectivity index (χ1) is 10.2. The van der Waals surface area contributed by atoms with Gasteiger partial charge in [0, 0.05) is 19.4 Å². The van der Waals surface area contributed by atoms with Gasteiger partial charge in [-0.25, -0.2) is 0 Å². The van der Waals surface area contributed by atoms with Gasteiger partial charge in [0.25, 0.3) is 0 Å². The minimum Gasteiger partial charge on any atom is -0.331 e. The predicted molar refractivity (Wildman–Crippen MR) is 79.1 cm³/mol. The van der Waals surface area contributed by atoms with E-state index in [1.165, 1.54) is 11.1 Å². The summed E-state index contributed by atoms with van der Waals surface area (Å²) < 4.78 is 0. The summed E-state index contributed by atoms with van der Waals surface area (Å²) in [4.78, 5) is 26.5. The largest absolute Gasteiger partial charge is 0.331 e. The zero-order chi connectivity index (χ0) is 14.8. The molecule has 1 saturated heterocycles. The number of fused-ring (bicyclic) bond motifs is 1. The molecule has 2 aliphatic rings. The molecule has 21 heavy (non-hydrogen) atoms. The summed E-state index contributed by atoms with van der Waals surface area (Å²) in [6.45, 7) is 0.733. The third-order valence-electron chi connectivity index (χ3n) is 4.28. The molecule has 0 aromatic heterocycles. The van der Waals surface area contributed by atoms with E-state index in [4.69, 9.17) is 0 Å². The molecule has 3 rings (SSSR count). The van der Waals surface area contributed by atoms with Crippen LogP contribution < -0.4 is 10.6 Å². The molecule has 3 unspecified atom stereocenters. The Morgan fingerprint density at radius 1 is 1.19 bits per heavy atom. The zero-order valence-corrected chi connectivity index (χ0v) is 12.0. The standard InChI is InChI=1S/C16H19N3O2/c1-19-10-9-18-15(20)13-12(11-5-3-2-4-6-11)7-8-17-14(13)16(19)21/h2-6,9-10,12-14,17H,7-8H2,1H3,(H,18,20). The summed E-state index contributed by atoms with van der Waals surface area (Å²) in [5, 5.41) is 5.99. The smallest absolute Gasteiger partial charge is 0.244 e. The molecule has 2 N–H and O–H groups in total. The molecule has 2 aliphatic heterocycles. The van der Waals surface area contributed by atoms with E-state index in [-0.39, 0.29) is 23.7 Å². The first kappa shape index (κ1) is 13.8. The molecule has 1 aromatic rings. The fourth-order valence-corrected chi connectivity index (χ4v) is 3.20. The molecule has 2 amide bonds. The summed E-state index contributed by atoms with van der Waals surface area (Å²) in [6.07, 6.45) is 3.97. The van der Waals surface area contributed by atoms with E-state index in [1.54, 1.807) is 13.2 Å². The second-order valence-corrected chi connectivity index (χ2v) is 5.54. The van der Waals surface area contributed by atoms with E-state index in [9.17, 15) is 9.59 Å². The normalized spacial score (nSPS) is 29.4. The quantitative estimate of drug-likeness (QED) is 0.802. The third-order valence-corrected chi connectivity index (χ3v) is 4.28. The molecule has 2 heterocycles. The van der Waals surface area contributed by atoms with E-state index in [1.807, 2.05) is 30.3 Å². The highest BCUT2D eigenvalue weighted by molar-refractivity contribution is 5.92. The van der Waals surface area contributed by atoms with Gasteiger partial charge in [0.05, 0.1) is 12.0 Å². The summed E-state index contributed by atoms with van der Waals surface area (Å²) in [5.74, 6) is -0.493. The van der Waals surface area contributed by atoms with Crippen LogP contribution in [0.3, 0.4) is 0 Å². The Morgan fingerprint density at radius 2 is 1.95 bits per heavy atom. The van der Waals surface area contributed by atoms with Crippen LogP contribution in [0.5, 0.6) is 0 Å². The molecule has 0 radical (unpaired) electrons. The van der Waals surface area contributed by atoms with Gasteiger partial charge in [0.1, 0.15) is 0 Å². The first-order valence-electron chi connectivity index (χ1n) is 7.20. The van der Waals surface area contributed by atoms with Crippen molar-refractivity contribution in [3.63, 3.8) is 0 Å². The van der Waals surface area contributed by atoms with Crippen LogP contribution in [0.4, 0.5) is 0 Å². The molecule has 3 atom stereocenters. The van der Waals surface area contributed by atoms with Crippen LogP contribution in [-0.2, 0) is 9.59 Å². The highest BCUT2D eigenvalue weighted by Gasteiger charge is 2.43. The van der Waals surface area contributed by atoms with Crippen molar-refractivity contribution in [3.8, 4) is 0 Å². The van der Waals surface area contributed by atoms with Gasteiger partial charge in [0.2, 0.25) is 11.8 Å². The average molecular weight is 285 g/mol. The maximum absolute atomic E-state index is 12.5. The molecule has 0 bridgehead atoms. The van der Waals surface area contributed by atoms with E-state index in [0.29, 0.717) is 0 Å². The number of nitrogens with zero attached hydrogens (tertiary/aromatic N) is 1. The molecular formula is C16H19N3O2. The Labute approximate surface area is 124 Å². The van der Waals surface area contributed by atoms with Crippen molar-refractivity contribution < 1.29 is 9.59 Å². The number of hydrogen-bond donors (Lipinski definition) is 2. The second kappa shape index (κ2) is 5.69. The lowest BCUT2D eigenvalue weighted by Crippen LogP contribution is -2.58. The summed E-state index contributed by atoms with van der Waals surface area (Å²) >= 11 is 0. The molecule has 5 heteroatoms. The molecule has 0 aliphatic carbocycles. The Kier molecular flexibility index (Phi) is 3.75. The summed E-state index contributed by atoms with van der Waals surface area (Å²) in [5.41, 5.74) is 1.11. The highest BCUT2D eigenvalue weighted by atomic mass is 16.2. The SMILES string of the molecule is CN1C=CNC(=O)C2C(NCCC2c2ccccc2)C1=O. The second-order valence-electron chi connectivity index (χ2n) is 5.54. The first-order valence-corrected chi connectivity index (χ1v) is 7.20. The van der Waals surface area contributed by atoms with Crippen molar-refractivity contribution in [1.82, 2.24) is 15.5 Å². The van der Waals surface area contributed by atoms with Gasteiger partial charge in [-0.2, -0.15) is 0 Å². The lowest BCUT2D eigenvalue weighted by Gasteiger charge is -2.39. The fourth-order valence-electron chi connectivity index (χ4n) is 3.20. The van der Waals surface area contributed by atoms with Crippen LogP contribution in [0.1, 0.15) is 17.9 Å². The number of likely N-dealkylation sites (N-methyl/N-ethyl adjacent to an activating group) is 1. The van der Waals surface area contributed by atoms with Crippen LogP contribution in [-0.4, -0.2) is 36.3 Å². The van der Waals surface area contributed by atoms with Gasteiger partial charge in [-0.3, -0.25) is 9.59 Å². The number of piperidine rings is 1. The van der Waals surface area contributed by atoms with Gasteiger partial charge < -0.3 is 15.5 Å². The van der Waals surface area contributed by atoms with Gasteiger partial charge in [-0.15, -0.1) is 0 Å². The third kappa shape index (κ3) is 2.56. The maximum Gasteiger partial charge on any atom is 0.244 e. The lowest BCUT2D eigenvalue weighted by atomic mass is 9.75. The number of rotatable bonds is 1. The van der Waals surface area contributed by atoms with Gasteiger partial charge in [0.15, 0.2) is 0 Å². The molecule has 1 fully saturated rings. The van der Waals surface area contributed by atoms with E-state index in [2.05, 4.69) is 10.6 Å². The Morgan fingerprint density at radius 3 is 2.71 bits per heavy atom. The molecule has 5 nitrogen and oxygen atoms in total. The van der Waals surface area contributed by atoms with Crippen molar-refractivity contribution in [2.75, 3.05) is 13.6 Å². The summed E-state index contributed by atoms with van der Waals surface area (Å²) in [6, 6.07) is 9.50. The van der Waals surface area contributed by atoms with Crippen molar-refractivity contribution in [1.29, 1.82) is 0 Å². The molecule has 0 saturated carbocycles.